The van der Waals surface area contributed by atoms with Crippen LogP contribution in [0.1, 0.15) is 265 Å². The maximum atomic E-state index is 13.1. The van der Waals surface area contributed by atoms with Gasteiger partial charge in [-0.2, -0.15) is 0 Å². The van der Waals surface area contributed by atoms with Crippen LogP contribution in [0.4, 0.5) is 0 Å². The quantitative estimate of drug-likeness (QED) is 0.0228. The van der Waals surface area contributed by atoms with Gasteiger partial charge in [-0.3, -0.25) is 14.4 Å². The van der Waals surface area contributed by atoms with Crippen molar-refractivity contribution in [3.05, 3.63) is 60.8 Å². The number of carboxylic acids is 1. The lowest BCUT2D eigenvalue weighted by Gasteiger charge is -2.40. The van der Waals surface area contributed by atoms with Crippen molar-refractivity contribution < 1.29 is 58.2 Å². The standard InChI is InChI=1S/C63H108O12/c1-4-7-10-13-16-19-22-25-26-27-28-29-30-33-34-37-40-43-46-49-55(64)71-52-54(73-56(65)50-47-44-41-38-35-31-23-20-17-14-11-8-5-2)53-72-63-61(59(68)58(67)60(75-63)62(69)70)74-57(66)51-48-45-42-39-36-32-24-21-18-15-12-9-6-3/h8,11,17,20,25-26,31,35,41,44,54,58-61,63,67-68H,4-7,9-10,12-16,18-19,21-24,27-30,32-34,36-40,42-43,45-53H2,1-3H3,(H,69,70)/b11-8-,20-17-,26-25-,35-31-,44-41-. The number of carboxylic acid groups (broad SMARTS) is 1. The van der Waals surface area contributed by atoms with E-state index in [-0.39, 0.29) is 25.9 Å². The third kappa shape index (κ3) is 41.2. The van der Waals surface area contributed by atoms with Crippen molar-refractivity contribution in [2.75, 3.05) is 13.2 Å². The number of ether oxygens (including phenoxy) is 5. The zero-order valence-corrected chi connectivity index (χ0v) is 47.5. The third-order valence-corrected chi connectivity index (χ3v) is 13.6. The van der Waals surface area contributed by atoms with E-state index in [1.807, 2.05) is 12.2 Å². The molecule has 0 amide bonds. The molecule has 0 radical (unpaired) electrons. The van der Waals surface area contributed by atoms with Gasteiger partial charge in [0.15, 0.2) is 24.6 Å². The first kappa shape index (κ1) is 69.4. The normalized spacial score (nSPS) is 18.5. The van der Waals surface area contributed by atoms with Crippen molar-refractivity contribution in [2.45, 2.75) is 302 Å². The summed E-state index contributed by atoms with van der Waals surface area (Å²) in [6.45, 7) is 5.82. The van der Waals surface area contributed by atoms with Crippen LogP contribution in [0.3, 0.4) is 0 Å². The van der Waals surface area contributed by atoms with Gasteiger partial charge in [-0.05, 0) is 70.6 Å². The van der Waals surface area contributed by atoms with E-state index in [1.165, 1.54) is 135 Å². The molecule has 1 heterocycles. The van der Waals surface area contributed by atoms with E-state index in [0.29, 0.717) is 25.7 Å². The van der Waals surface area contributed by atoms with Gasteiger partial charge in [0, 0.05) is 19.3 Å². The molecule has 432 valence electrons. The van der Waals surface area contributed by atoms with E-state index < -0.39 is 67.3 Å². The van der Waals surface area contributed by atoms with Crippen LogP contribution in [0, 0.1) is 0 Å². The number of allylic oxidation sites excluding steroid dienone is 10. The number of esters is 3. The molecule has 6 unspecified atom stereocenters. The Morgan fingerprint density at radius 2 is 0.867 bits per heavy atom. The molecule has 0 aromatic heterocycles. The maximum absolute atomic E-state index is 13.1. The summed E-state index contributed by atoms with van der Waals surface area (Å²) in [6, 6.07) is 0. The topological polar surface area (TPSA) is 175 Å². The second-order valence-electron chi connectivity index (χ2n) is 20.6. The molecular weight excluding hydrogens is 949 g/mol. The highest BCUT2D eigenvalue weighted by Crippen LogP contribution is 2.26. The lowest BCUT2D eigenvalue weighted by Crippen LogP contribution is -2.61. The summed E-state index contributed by atoms with van der Waals surface area (Å²) in [6.07, 6.45) is 50.7. The molecule has 75 heavy (non-hydrogen) atoms. The summed E-state index contributed by atoms with van der Waals surface area (Å²) in [5.41, 5.74) is 0. The molecule has 1 saturated heterocycles. The average molecular weight is 1060 g/mol. The Morgan fingerprint density at radius 1 is 0.453 bits per heavy atom. The molecule has 0 aliphatic carbocycles. The Labute approximate surface area is 456 Å². The number of aliphatic carboxylic acids is 1. The highest BCUT2D eigenvalue weighted by Gasteiger charge is 2.50. The summed E-state index contributed by atoms with van der Waals surface area (Å²) in [5.74, 6) is -3.22. The number of carbonyl (C=O) groups excluding carboxylic acids is 3. The van der Waals surface area contributed by atoms with E-state index in [9.17, 15) is 34.5 Å². The van der Waals surface area contributed by atoms with Gasteiger partial charge in [-0.15, -0.1) is 0 Å². The number of unbranched alkanes of at least 4 members (excludes halogenated alkanes) is 27. The van der Waals surface area contributed by atoms with E-state index in [4.69, 9.17) is 23.7 Å². The molecule has 1 rings (SSSR count). The van der Waals surface area contributed by atoms with Gasteiger partial charge < -0.3 is 39.0 Å². The zero-order valence-electron chi connectivity index (χ0n) is 47.5. The summed E-state index contributed by atoms with van der Waals surface area (Å²) in [4.78, 5) is 51.1. The minimum absolute atomic E-state index is 0.0424. The van der Waals surface area contributed by atoms with Gasteiger partial charge in [0.1, 0.15) is 18.8 Å². The monoisotopic (exact) mass is 1060 g/mol. The number of aliphatic hydroxyl groups excluding tert-OH is 2. The minimum Gasteiger partial charge on any atom is -0.479 e. The molecule has 0 aromatic rings. The van der Waals surface area contributed by atoms with Crippen molar-refractivity contribution in [3.63, 3.8) is 0 Å². The fourth-order valence-electron chi connectivity index (χ4n) is 8.97. The minimum atomic E-state index is -1.91. The Kier molecular flexibility index (Phi) is 47.4. The number of hydrogen-bond acceptors (Lipinski definition) is 11. The van der Waals surface area contributed by atoms with Crippen LogP contribution in [0.2, 0.25) is 0 Å². The third-order valence-electron chi connectivity index (χ3n) is 13.6. The average Bonchev–Trinajstić information content (AvgIpc) is 3.39. The van der Waals surface area contributed by atoms with Crippen LogP contribution in [0.25, 0.3) is 0 Å². The molecule has 6 atom stereocenters. The molecule has 0 saturated carbocycles. The van der Waals surface area contributed by atoms with Crippen LogP contribution < -0.4 is 0 Å². The predicted molar refractivity (Wildman–Crippen MR) is 303 cm³/mol. The fraction of sp³-hybridized carbons (Fsp3) is 0.778. The lowest BCUT2D eigenvalue weighted by atomic mass is 9.98. The summed E-state index contributed by atoms with van der Waals surface area (Å²) in [5, 5.41) is 31.5. The van der Waals surface area contributed by atoms with Gasteiger partial charge in [0.25, 0.3) is 0 Å². The number of rotatable bonds is 51. The van der Waals surface area contributed by atoms with E-state index in [2.05, 4.69) is 69.4 Å². The van der Waals surface area contributed by atoms with Crippen molar-refractivity contribution >= 4 is 23.9 Å². The molecule has 1 aliphatic heterocycles. The molecule has 1 aliphatic rings. The summed E-state index contributed by atoms with van der Waals surface area (Å²) in [7, 11) is 0. The fourth-order valence-corrected chi connectivity index (χ4v) is 8.97. The smallest absolute Gasteiger partial charge is 0.335 e. The number of hydrogen-bond donors (Lipinski definition) is 3. The largest absolute Gasteiger partial charge is 0.479 e. The molecule has 0 spiro atoms. The Bertz CT molecular complexity index is 1540. The van der Waals surface area contributed by atoms with Crippen molar-refractivity contribution in [3.8, 4) is 0 Å². The Morgan fingerprint density at radius 3 is 1.33 bits per heavy atom. The number of carbonyl (C=O) groups is 4. The highest BCUT2D eigenvalue weighted by atomic mass is 16.7. The maximum Gasteiger partial charge on any atom is 0.335 e. The summed E-state index contributed by atoms with van der Waals surface area (Å²) < 4.78 is 28.3. The molecule has 12 nitrogen and oxygen atoms in total. The van der Waals surface area contributed by atoms with Crippen LogP contribution in [-0.2, 0) is 42.9 Å². The van der Waals surface area contributed by atoms with Crippen LogP contribution in [0.15, 0.2) is 60.8 Å². The second-order valence-corrected chi connectivity index (χ2v) is 20.6. The number of aliphatic hydroxyl groups is 2. The van der Waals surface area contributed by atoms with Gasteiger partial charge in [-0.1, -0.05) is 236 Å². The first-order chi connectivity index (χ1) is 36.6. The molecule has 3 N–H and O–H groups in total. The van der Waals surface area contributed by atoms with E-state index >= 15 is 0 Å². The predicted octanol–water partition coefficient (Wildman–Crippen LogP) is 15.6. The molecule has 0 bridgehead atoms. The molecule has 0 aromatic carbocycles. The first-order valence-corrected chi connectivity index (χ1v) is 30.3. The highest BCUT2D eigenvalue weighted by molar-refractivity contribution is 5.74. The zero-order chi connectivity index (χ0) is 54.7. The first-order valence-electron chi connectivity index (χ1n) is 30.3. The van der Waals surface area contributed by atoms with Crippen molar-refractivity contribution in [1.82, 2.24) is 0 Å². The van der Waals surface area contributed by atoms with Gasteiger partial charge in [0.05, 0.1) is 6.61 Å². The summed E-state index contributed by atoms with van der Waals surface area (Å²) >= 11 is 0. The molecular formula is C63H108O12. The van der Waals surface area contributed by atoms with Crippen LogP contribution in [-0.4, -0.2) is 89.2 Å². The Hall–Kier alpha value is -3.58. The van der Waals surface area contributed by atoms with E-state index in [1.54, 1.807) is 0 Å². The van der Waals surface area contributed by atoms with Crippen molar-refractivity contribution in [2.24, 2.45) is 0 Å². The van der Waals surface area contributed by atoms with Gasteiger partial charge >= 0.3 is 23.9 Å². The van der Waals surface area contributed by atoms with Crippen LogP contribution >= 0.6 is 0 Å². The molecule has 1 fully saturated rings. The SMILES string of the molecule is CC/C=C\C/C=C\C/C=C\C/C=C\CCC(=O)OC(COC(=O)CCCCCCCCCCC/C=C\CCCCCCCC)COC1OC(C(=O)O)C(O)C(O)C1OC(=O)CCCCCCCCCCCCCCC. The van der Waals surface area contributed by atoms with E-state index in [0.717, 1.165) is 64.2 Å². The van der Waals surface area contributed by atoms with Crippen LogP contribution in [0.5, 0.6) is 0 Å². The molecule has 12 heteroatoms. The Balaban J connectivity index is 2.69. The second kappa shape index (κ2) is 51.2. The lowest BCUT2D eigenvalue weighted by molar-refractivity contribution is -0.301. The van der Waals surface area contributed by atoms with Gasteiger partial charge in [-0.25, -0.2) is 4.79 Å². The van der Waals surface area contributed by atoms with Crippen molar-refractivity contribution in [1.29, 1.82) is 0 Å². The van der Waals surface area contributed by atoms with Gasteiger partial charge in [0.2, 0.25) is 0 Å².